The molecule has 1 aromatic rings. The summed E-state index contributed by atoms with van der Waals surface area (Å²) in [6.07, 6.45) is 5.13. The second kappa shape index (κ2) is 8.48. The number of aromatic nitrogens is 2. The fraction of sp³-hybridized carbons (Fsp3) is 0.688. The molecule has 0 amide bonds. The summed E-state index contributed by atoms with van der Waals surface area (Å²) in [5.74, 6) is 0. The van der Waals surface area contributed by atoms with Gasteiger partial charge in [-0.15, -0.1) is 0 Å². The van der Waals surface area contributed by atoms with Crippen molar-refractivity contribution in [3.05, 3.63) is 28.1 Å². The number of halogens is 1. The van der Waals surface area contributed by atoms with Gasteiger partial charge in [0, 0.05) is 19.0 Å². The molecule has 4 heteroatoms. The summed E-state index contributed by atoms with van der Waals surface area (Å²) in [6.45, 7) is 12.6. The van der Waals surface area contributed by atoms with Crippen LogP contribution in [0.4, 0.5) is 0 Å². The molecule has 1 rings (SSSR count). The molecule has 0 aliphatic heterocycles. The number of aryl methyl sites for hydroxylation is 2. The SMILES string of the molecule is CCc1nn(CC)c(CC(C)=CCCNC(C)C)c1Cl. The molecule has 0 saturated heterocycles. The fourth-order valence-corrected chi connectivity index (χ4v) is 2.55. The summed E-state index contributed by atoms with van der Waals surface area (Å²) in [5.41, 5.74) is 3.52. The maximum atomic E-state index is 6.43. The minimum Gasteiger partial charge on any atom is -0.314 e. The Kier molecular flexibility index (Phi) is 7.31. The van der Waals surface area contributed by atoms with Crippen molar-refractivity contribution in [1.82, 2.24) is 15.1 Å². The van der Waals surface area contributed by atoms with Gasteiger partial charge >= 0.3 is 0 Å². The molecule has 0 unspecified atom stereocenters. The molecule has 3 nitrogen and oxygen atoms in total. The van der Waals surface area contributed by atoms with Crippen LogP contribution in [0.25, 0.3) is 0 Å². The lowest BCUT2D eigenvalue weighted by Crippen LogP contribution is -2.23. The normalized spacial score (nSPS) is 12.4. The zero-order valence-corrected chi connectivity index (χ0v) is 14.2. The van der Waals surface area contributed by atoms with Gasteiger partial charge in [-0.2, -0.15) is 5.10 Å². The van der Waals surface area contributed by atoms with E-state index in [1.54, 1.807) is 0 Å². The van der Waals surface area contributed by atoms with E-state index in [0.717, 1.165) is 48.8 Å². The molecule has 0 aliphatic carbocycles. The van der Waals surface area contributed by atoms with Crippen LogP contribution in [0.15, 0.2) is 11.6 Å². The van der Waals surface area contributed by atoms with Gasteiger partial charge in [-0.05, 0) is 33.2 Å². The molecule has 0 fully saturated rings. The van der Waals surface area contributed by atoms with E-state index in [0.29, 0.717) is 6.04 Å². The van der Waals surface area contributed by atoms with Crippen molar-refractivity contribution in [2.45, 2.75) is 66.5 Å². The summed E-state index contributed by atoms with van der Waals surface area (Å²) in [6, 6.07) is 0.548. The second-order valence-electron chi connectivity index (χ2n) is 5.50. The number of nitrogens with one attached hydrogen (secondary N) is 1. The molecule has 0 atom stereocenters. The van der Waals surface area contributed by atoms with E-state index in [9.17, 15) is 0 Å². The highest BCUT2D eigenvalue weighted by atomic mass is 35.5. The highest BCUT2D eigenvalue weighted by Gasteiger charge is 2.14. The summed E-state index contributed by atoms with van der Waals surface area (Å²) < 4.78 is 2.03. The predicted octanol–water partition coefficient (Wildman–Crippen LogP) is 4.00. The highest BCUT2D eigenvalue weighted by molar-refractivity contribution is 6.31. The Morgan fingerprint density at radius 2 is 2.10 bits per heavy atom. The molecule has 20 heavy (non-hydrogen) atoms. The van der Waals surface area contributed by atoms with Gasteiger partial charge in [0.25, 0.3) is 0 Å². The average molecular weight is 298 g/mol. The van der Waals surface area contributed by atoms with Crippen molar-refractivity contribution in [3.8, 4) is 0 Å². The molecular weight excluding hydrogens is 270 g/mol. The largest absolute Gasteiger partial charge is 0.314 e. The van der Waals surface area contributed by atoms with Crippen molar-refractivity contribution in [1.29, 1.82) is 0 Å². The van der Waals surface area contributed by atoms with Crippen LogP contribution in [0, 0.1) is 0 Å². The van der Waals surface area contributed by atoms with Gasteiger partial charge in [0.05, 0.1) is 16.4 Å². The minimum atomic E-state index is 0.548. The van der Waals surface area contributed by atoms with Gasteiger partial charge < -0.3 is 5.32 Å². The number of hydrogen-bond acceptors (Lipinski definition) is 2. The summed E-state index contributed by atoms with van der Waals surface area (Å²) in [7, 11) is 0. The van der Waals surface area contributed by atoms with E-state index in [4.69, 9.17) is 11.6 Å². The number of rotatable bonds is 8. The number of hydrogen-bond donors (Lipinski definition) is 1. The molecular formula is C16H28ClN3. The van der Waals surface area contributed by atoms with Crippen LogP contribution in [-0.2, 0) is 19.4 Å². The average Bonchev–Trinajstić information content (AvgIpc) is 2.71. The van der Waals surface area contributed by atoms with Gasteiger partial charge in [-0.1, -0.05) is 44.0 Å². The number of nitrogens with zero attached hydrogens (tertiary/aromatic N) is 2. The third-order valence-corrected chi connectivity index (χ3v) is 3.77. The third kappa shape index (κ3) is 4.95. The smallest absolute Gasteiger partial charge is 0.0853 e. The topological polar surface area (TPSA) is 29.9 Å². The first-order valence-corrected chi connectivity index (χ1v) is 8.00. The first-order chi connectivity index (χ1) is 9.49. The Morgan fingerprint density at radius 3 is 2.65 bits per heavy atom. The van der Waals surface area contributed by atoms with Gasteiger partial charge in [0.2, 0.25) is 0 Å². The van der Waals surface area contributed by atoms with Crippen LogP contribution in [0.2, 0.25) is 5.02 Å². The maximum Gasteiger partial charge on any atom is 0.0853 e. The van der Waals surface area contributed by atoms with E-state index in [1.807, 2.05) is 4.68 Å². The zero-order chi connectivity index (χ0) is 15.1. The molecule has 0 radical (unpaired) electrons. The zero-order valence-electron chi connectivity index (χ0n) is 13.5. The lowest BCUT2D eigenvalue weighted by Gasteiger charge is -2.08. The molecule has 0 spiro atoms. The number of allylic oxidation sites excluding steroid dienone is 1. The van der Waals surface area contributed by atoms with Crippen molar-refractivity contribution in [2.75, 3.05) is 6.54 Å². The van der Waals surface area contributed by atoms with Crippen LogP contribution in [0.1, 0.15) is 52.4 Å². The van der Waals surface area contributed by atoms with Gasteiger partial charge in [0.1, 0.15) is 0 Å². The molecule has 114 valence electrons. The Morgan fingerprint density at radius 1 is 1.40 bits per heavy atom. The fourth-order valence-electron chi connectivity index (χ4n) is 2.21. The molecule has 0 bridgehead atoms. The van der Waals surface area contributed by atoms with Crippen LogP contribution in [-0.4, -0.2) is 22.4 Å². The lowest BCUT2D eigenvalue weighted by atomic mass is 10.1. The molecule has 1 aromatic heterocycles. The quantitative estimate of drug-likeness (QED) is 0.581. The van der Waals surface area contributed by atoms with Crippen LogP contribution in [0.3, 0.4) is 0 Å². The summed E-state index contributed by atoms with van der Waals surface area (Å²) in [5, 5.41) is 8.84. The van der Waals surface area contributed by atoms with E-state index < -0.39 is 0 Å². The molecule has 0 aliphatic rings. The van der Waals surface area contributed by atoms with Crippen molar-refractivity contribution >= 4 is 11.6 Å². The van der Waals surface area contributed by atoms with Gasteiger partial charge in [0.15, 0.2) is 0 Å². The van der Waals surface area contributed by atoms with E-state index >= 15 is 0 Å². The third-order valence-electron chi connectivity index (χ3n) is 3.33. The Hall–Kier alpha value is -0.800. The predicted molar refractivity (Wildman–Crippen MR) is 87.5 cm³/mol. The Labute approximate surface area is 128 Å². The van der Waals surface area contributed by atoms with Crippen molar-refractivity contribution < 1.29 is 0 Å². The van der Waals surface area contributed by atoms with E-state index in [2.05, 4.69) is 51.1 Å². The molecule has 0 aromatic carbocycles. The molecule has 1 heterocycles. The van der Waals surface area contributed by atoms with E-state index in [-0.39, 0.29) is 0 Å². The van der Waals surface area contributed by atoms with Gasteiger partial charge in [-0.3, -0.25) is 4.68 Å². The first kappa shape index (κ1) is 17.3. The lowest BCUT2D eigenvalue weighted by molar-refractivity contribution is 0.593. The highest BCUT2D eigenvalue weighted by Crippen LogP contribution is 2.24. The molecule has 0 saturated carbocycles. The summed E-state index contributed by atoms with van der Waals surface area (Å²) >= 11 is 6.43. The maximum absolute atomic E-state index is 6.43. The Bertz CT molecular complexity index is 447. The van der Waals surface area contributed by atoms with Crippen LogP contribution < -0.4 is 5.32 Å². The van der Waals surface area contributed by atoms with Crippen LogP contribution >= 0.6 is 11.6 Å². The minimum absolute atomic E-state index is 0.548. The standard InChI is InChI=1S/C16H28ClN3/c1-6-14-16(17)15(20(7-2)19-14)11-13(5)9-8-10-18-12(3)4/h9,12,18H,6-8,10-11H2,1-5H3. The van der Waals surface area contributed by atoms with Crippen LogP contribution in [0.5, 0.6) is 0 Å². The van der Waals surface area contributed by atoms with Crippen molar-refractivity contribution in [2.24, 2.45) is 0 Å². The second-order valence-corrected chi connectivity index (χ2v) is 5.88. The van der Waals surface area contributed by atoms with Gasteiger partial charge in [-0.25, -0.2) is 0 Å². The summed E-state index contributed by atoms with van der Waals surface area (Å²) in [4.78, 5) is 0. The first-order valence-electron chi connectivity index (χ1n) is 7.62. The van der Waals surface area contributed by atoms with Crippen molar-refractivity contribution in [3.63, 3.8) is 0 Å². The Balaban J connectivity index is 2.67. The van der Waals surface area contributed by atoms with E-state index in [1.165, 1.54) is 5.57 Å². The molecule has 1 N–H and O–H groups in total. The monoisotopic (exact) mass is 297 g/mol.